The molecular weight excluding hydrogens is 346 g/mol. The molecule has 94 valence electrons. The number of rotatable bonds is 4. The van der Waals surface area contributed by atoms with E-state index in [0.717, 1.165) is 33.8 Å². The number of nitrogens with one attached hydrogen (secondary N) is 2. The highest BCUT2D eigenvalue weighted by molar-refractivity contribution is 9.11. The summed E-state index contributed by atoms with van der Waals surface area (Å²) in [5, 5.41) is 6.82. The van der Waals surface area contributed by atoms with Gasteiger partial charge in [0.15, 0.2) is 0 Å². The van der Waals surface area contributed by atoms with E-state index in [1.807, 2.05) is 12.3 Å². The molecule has 0 aliphatic carbocycles. The molecule has 2 heterocycles. The zero-order valence-corrected chi connectivity index (χ0v) is 12.8. The van der Waals surface area contributed by atoms with Gasteiger partial charge in [0.25, 0.3) is 0 Å². The summed E-state index contributed by atoms with van der Waals surface area (Å²) in [6, 6.07) is 2.01. The summed E-state index contributed by atoms with van der Waals surface area (Å²) in [6.07, 6.45) is 5.68. The van der Waals surface area contributed by atoms with Gasteiger partial charge in [-0.05, 0) is 76.2 Å². The maximum atomic E-state index is 4.34. The first-order chi connectivity index (χ1) is 8.25. The maximum absolute atomic E-state index is 4.34. The van der Waals surface area contributed by atoms with Crippen molar-refractivity contribution in [1.82, 2.24) is 10.3 Å². The van der Waals surface area contributed by atoms with Gasteiger partial charge in [-0.15, -0.1) is 0 Å². The summed E-state index contributed by atoms with van der Waals surface area (Å²) < 4.78 is 2.00. The predicted molar refractivity (Wildman–Crippen MR) is 78.3 cm³/mol. The lowest BCUT2D eigenvalue weighted by Gasteiger charge is -2.22. The molecule has 3 nitrogen and oxygen atoms in total. The summed E-state index contributed by atoms with van der Waals surface area (Å²) in [5.41, 5.74) is 0. The van der Waals surface area contributed by atoms with Gasteiger partial charge in [0.05, 0.1) is 4.47 Å². The quantitative estimate of drug-likeness (QED) is 0.861. The van der Waals surface area contributed by atoms with Gasteiger partial charge in [0.1, 0.15) is 5.82 Å². The summed E-state index contributed by atoms with van der Waals surface area (Å²) >= 11 is 6.90. The van der Waals surface area contributed by atoms with E-state index in [4.69, 9.17) is 0 Å². The van der Waals surface area contributed by atoms with Crippen LogP contribution in [0.15, 0.2) is 21.2 Å². The van der Waals surface area contributed by atoms with E-state index in [1.165, 1.54) is 25.8 Å². The Morgan fingerprint density at radius 1 is 1.47 bits per heavy atom. The number of pyridine rings is 1. The summed E-state index contributed by atoms with van der Waals surface area (Å²) in [4.78, 5) is 4.34. The maximum Gasteiger partial charge on any atom is 0.140 e. The van der Waals surface area contributed by atoms with Gasteiger partial charge in [-0.2, -0.15) is 0 Å². The SMILES string of the molecule is Brc1cnc(NCCC2CCCNC2)c(Br)c1. The second-order valence-electron chi connectivity index (χ2n) is 4.41. The molecule has 1 fully saturated rings. The third-order valence-corrected chi connectivity index (χ3v) is 4.09. The number of piperidine rings is 1. The zero-order chi connectivity index (χ0) is 12.1. The average Bonchev–Trinajstić information content (AvgIpc) is 2.33. The van der Waals surface area contributed by atoms with Crippen molar-refractivity contribution in [3.8, 4) is 0 Å². The Morgan fingerprint density at radius 2 is 2.35 bits per heavy atom. The fourth-order valence-corrected chi connectivity index (χ4v) is 3.24. The van der Waals surface area contributed by atoms with Crippen molar-refractivity contribution < 1.29 is 0 Å². The molecule has 0 saturated carbocycles. The second-order valence-corrected chi connectivity index (χ2v) is 6.18. The highest BCUT2D eigenvalue weighted by Crippen LogP contribution is 2.23. The van der Waals surface area contributed by atoms with Gasteiger partial charge in [0, 0.05) is 17.2 Å². The van der Waals surface area contributed by atoms with Crippen LogP contribution in [0.25, 0.3) is 0 Å². The van der Waals surface area contributed by atoms with Crippen LogP contribution in [0.5, 0.6) is 0 Å². The van der Waals surface area contributed by atoms with Gasteiger partial charge in [-0.3, -0.25) is 0 Å². The highest BCUT2D eigenvalue weighted by Gasteiger charge is 2.12. The van der Waals surface area contributed by atoms with E-state index in [9.17, 15) is 0 Å². The Hall–Kier alpha value is -0.130. The Bertz CT molecular complexity index is 365. The molecule has 0 radical (unpaired) electrons. The number of nitrogens with zero attached hydrogens (tertiary/aromatic N) is 1. The van der Waals surface area contributed by atoms with Gasteiger partial charge in [0.2, 0.25) is 0 Å². The van der Waals surface area contributed by atoms with Gasteiger partial charge in [-0.25, -0.2) is 4.98 Å². The standard InChI is InChI=1S/C12H17Br2N3/c13-10-6-11(14)12(17-8-10)16-5-3-9-2-1-4-15-7-9/h6,8-9,15H,1-5,7H2,(H,16,17). The Morgan fingerprint density at radius 3 is 3.06 bits per heavy atom. The number of hydrogen-bond acceptors (Lipinski definition) is 3. The number of halogens is 2. The van der Waals surface area contributed by atoms with Crippen LogP contribution in [-0.4, -0.2) is 24.6 Å². The second kappa shape index (κ2) is 6.71. The first-order valence-corrected chi connectivity index (χ1v) is 7.60. The molecule has 0 amide bonds. The first kappa shape index (κ1) is 13.3. The van der Waals surface area contributed by atoms with Crippen molar-refractivity contribution >= 4 is 37.7 Å². The molecule has 2 N–H and O–H groups in total. The van der Waals surface area contributed by atoms with Gasteiger partial charge in [-0.1, -0.05) is 0 Å². The lowest BCUT2D eigenvalue weighted by molar-refractivity contribution is 0.364. The molecule has 1 aliphatic rings. The molecule has 1 aliphatic heterocycles. The molecule has 1 unspecified atom stereocenters. The molecule has 2 rings (SSSR count). The fourth-order valence-electron chi connectivity index (χ4n) is 2.11. The molecule has 1 aromatic rings. The Labute approximate surface area is 119 Å². The Kier molecular flexibility index (Phi) is 5.25. The van der Waals surface area contributed by atoms with Crippen LogP contribution >= 0.6 is 31.9 Å². The minimum absolute atomic E-state index is 0.811. The van der Waals surface area contributed by atoms with Crippen molar-refractivity contribution in [1.29, 1.82) is 0 Å². The Balaban J connectivity index is 1.77. The topological polar surface area (TPSA) is 37.0 Å². The fraction of sp³-hybridized carbons (Fsp3) is 0.583. The van der Waals surface area contributed by atoms with Crippen LogP contribution in [-0.2, 0) is 0 Å². The lowest BCUT2D eigenvalue weighted by Crippen LogP contribution is -2.30. The molecule has 0 bridgehead atoms. The van der Waals surface area contributed by atoms with E-state index >= 15 is 0 Å². The van der Waals surface area contributed by atoms with E-state index in [0.29, 0.717) is 0 Å². The number of hydrogen-bond donors (Lipinski definition) is 2. The van der Waals surface area contributed by atoms with Crippen LogP contribution in [0.1, 0.15) is 19.3 Å². The average molecular weight is 363 g/mol. The van der Waals surface area contributed by atoms with Crippen molar-refractivity contribution in [2.24, 2.45) is 5.92 Å². The third kappa shape index (κ3) is 4.23. The van der Waals surface area contributed by atoms with Crippen molar-refractivity contribution in [3.05, 3.63) is 21.2 Å². The monoisotopic (exact) mass is 361 g/mol. The molecule has 0 spiro atoms. The van der Waals surface area contributed by atoms with Crippen molar-refractivity contribution in [3.63, 3.8) is 0 Å². The first-order valence-electron chi connectivity index (χ1n) is 6.01. The molecule has 1 atom stereocenters. The summed E-state index contributed by atoms with van der Waals surface area (Å²) in [7, 11) is 0. The normalized spacial score (nSPS) is 20.2. The van der Waals surface area contributed by atoms with Crippen LogP contribution in [0.2, 0.25) is 0 Å². The van der Waals surface area contributed by atoms with E-state index in [-0.39, 0.29) is 0 Å². The number of aromatic nitrogens is 1. The molecule has 1 saturated heterocycles. The van der Waals surface area contributed by atoms with Crippen LogP contribution in [0.4, 0.5) is 5.82 Å². The zero-order valence-electron chi connectivity index (χ0n) is 9.68. The van der Waals surface area contributed by atoms with E-state index in [1.54, 1.807) is 0 Å². The van der Waals surface area contributed by atoms with E-state index < -0.39 is 0 Å². The van der Waals surface area contributed by atoms with Crippen molar-refractivity contribution in [2.45, 2.75) is 19.3 Å². The lowest BCUT2D eigenvalue weighted by atomic mass is 9.96. The van der Waals surface area contributed by atoms with E-state index in [2.05, 4.69) is 47.5 Å². The minimum atomic E-state index is 0.811. The molecule has 5 heteroatoms. The molecule has 17 heavy (non-hydrogen) atoms. The van der Waals surface area contributed by atoms with Crippen LogP contribution in [0, 0.1) is 5.92 Å². The van der Waals surface area contributed by atoms with Crippen LogP contribution in [0.3, 0.4) is 0 Å². The van der Waals surface area contributed by atoms with Gasteiger partial charge >= 0.3 is 0 Å². The summed E-state index contributed by atoms with van der Waals surface area (Å²) in [5.74, 6) is 1.74. The van der Waals surface area contributed by atoms with Gasteiger partial charge < -0.3 is 10.6 Å². The smallest absolute Gasteiger partial charge is 0.140 e. The summed E-state index contributed by atoms with van der Waals surface area (Å²) in [6.45, 7) is 3.33. The largest absolute Gasteiger partial charge is 0.369 e. The molecule has 1 aromatic heterocycles. The molecular formula is C12H17Br2N3. The van der Waals surface area contributed by atoms with Crippen molar-refractivity contribution in [2.75, 3.05) is 25.0 Å². The highest BCUT2D eigenvalue weighted by atomic mass is 79.9. The number of anilines is 1. The molecule has 0 aromatic carbocycles. The third-order valence-electron chi connectivity index (χ3n) is 3.05. The predicted octanol–water partition coefficient (Wildman–Crippen LogP) is 3.41. The minimum Gasteiger partial charge on any atom is -0.369 e. The van der Waals surface area contributed by atoms with Crippen LogP contribution < -0.4 is 10.6 Å².